The van der Waals surface area contributed by atoms with E-state index in [0.717, 1.165) is 18.9 Å². The molecule has 0 saturated carbocycles. The monoisotopic (exact) mass is 219 g/mol. The Hall–Kier alpha value is -0.820. The first-order valence-electron chi connectivity index (χ1n) is 6.29. The van der Waals surface area contributed by atoms with Crippen LogP contribution in [0, 0.1) is 25.7 Å². The van der Waals surface area contributed by atoms with Crippen molar-refractivity contribution in [3.63, 3.8) is 0 Å². The molecule has 0 aliphatic heterocycles. The van der Waals surface area contributed by atoms with Crippen molar-refractivity contribution < 1.29 is 0 Å². The molecular weight excluding hydrogens is 194 g/mol. The SMILES string of the molecule is Cc1ccc(CC(CN)CC(C)C)cc1C. The van der Waals surface area contributed by atoms with E-state index < -0.39 is 0 Å². The lowest BCUT2D eigenvalue weighted by atomic mass is 9.90. The van der Waals surface area contributed by atoms with Gasteiger partial charge in [-0.05, 0) is 61.8 Å². The summed E-state index contributed by atoms with van der Waals surface area (Å²) in [6, 6.07) is 6.76. The van der Waals surface area contributed by atoms with Crippen LogP contribution in [0.5, 0.6) is 0 Å². The fourth-order valence-electron chi connectivity index (χ4n) is 2.19. The molecule has 90 valence electrons. The third-order valence-corrected chi connectivity index (χ3v) is 3.23. The topological polar surface area (TPSA) is 26.0 Å². The van der Waals surface area contributed by atoms with Crippen molar-refractivity contribution >= 4 is 0 Å². The van der Waals surface area contributed by atoms with Crippen LogP contribution in [-0.2, 0) is 6.42 Å². The van der Waals surface area contributed by atoms with E-state index in [9.17, 15) is 0 Å². The number of hydrogen-bond donors (Lipinski definition) is 1. The van der Waals surface area contributed by atoms with E-state index >= 15 is 0 Å². The summed E-state index contributed by atoms with van der Waals surface area (Å²) in [5.41, 5.74) is 10.0. The molecule has 0 heterocycles. The number of nitrogens with two attached hydrogens (primary N) is 1. The van der Waals surface area contributed by atoms with Gasteiger partial charge < -0.3 is 5.73 Å². The largest absolute Gasteiger partial charge is 0.330 e. The van der Waals surface area contributed by atoms with Gasteiger partial charge in [-0.25, -0.2) is 0 Å². The standard InChI is InChI=1S/C15H25N/c1-11(2)7-15(10-16)9-14-6-5-12(3)13(4)8-14/h5-6,8,11,15H,7,9-10,16H2,1-4H3. The van der Waals surface area contributed by atoms with Gasteiger partial charge in [0.1, 0.15) is 0 Å². The molecule has 0 aliphatic carbocycles. The summed E-state index contributed by atoms with van der Waals surface area (Å²) in [5, 5.41) is 0. The van der Waals surface area contributed by atoms with Crippen LogP contribution in [-0.4, -0.2) is 6.54 Å². The first-order valence-corrected chi connectivity index (χ1v) is 6.29. The van der Waals surface area contributed by atoms with Crippen molar-refractivity contribution in [1.82, 2.24) is 0 Å². The van der Waals surface area contributed by atoms with Gasteiger partial charge in [0.25, 0.3) is 0 Å². The van der Waals surface area contributed by atoms with Crippen molar-refractivity contribution in [3.8, 4) is 0 Å². The minimum absolute atomic E-state index is 0.627. The molecule has 1 aromatic rings. The highest BCUT2D eigenvalue weighted by Gasteiger charge is 2.10. The van der Waals surface area contributed by atoms with Crippen molar-refractivity contribution in [2.45, 2.75) is 40.5 Å². The minimum Gasteiger partial charge on any atom is -0.330 e. The summed E-state index contributed by atoms with van der Waals surface area (Å²) in [7, 11) is 0. The van der Waals surface area contributed by atoms with E-state index in [-0.39, 0.29) is 0 Å². The van der Waals surface area contributed by atoms with Gasteiger partial charge in [-0.2, -0.15) is 0 Å². The highest BCUT2D eigenvalue weighted by molar-refractivity contribution is 5.30. The van der Waals surface area contributed by atoms with Crippen molar-refractivity contribution in [3.05, 3.63) is 34.9 Å². The normalized spacial score (nSPS) is 13.1. The zero-order chi connectivity index (χ0) is 12.1. The lowest BCUT2D eigenvalue weighted by Gasteiger charge is -2.17. The first kappa shape index (κ1) is 13.2. The lowest BCUT2D eigenvalue weighted by Crippen LogP contribution is -2.18. The fraction of sp³-hybridized carbons (Fsp3) is 0.600. The van der Waals surface area contributed by atoms with E-state index in [4.69, 9.17) is 5.73 Å². The molecule has 2 N–H and O–H groups in total. The van der Waals surface area contributed by atoms with Crippen molar-refractivity contribution in [1.29, 1.82) is 0 Å². The van der Waals surface area contributed by atoms with Gasteiger partial charge in [0.15, 0.2) is 0 Å². The molecule has 1 atom stereocenters. The third kappa shape index (κ3) is 3.97. The second kappa shape index (κ2) is 6.05. The van der Waals surface area contributed by atoms with E-state index in [1.807, 2.05) is 0 Å². The molecule has 16 heavy (non-hydrogen) atoms. The zero-order valence-electron chi connectivity index (χ0n) is 11.1. The molecule has 1 nitrogen and oxygen atoms in total. The Bertz CT molecular complexity index is 328. The van der Waals surface area contributed by atoms with Crippen LogP contribution >= 0.6 is 0 Å². The van der Waals surface area contributed by atoms with Gasteiger partial charge in [0, 0.05) is 0 Å². The van der Waals surface area contributed by atoms with Gasteiger partial charge in [-0.15, -0.1) is 0 Å². The molecule has 0 bridgehead atoms. The summed E-state index contributed by atoms with van der Waals surface area (Å²) in [6.45, 7) is 9.67. The molecule has 0 amide bonds. The zero-order valence-corrected chi connectivity index (χ0v) is 11.1. The molecular formula is C15H25N. The molecule has 0 fully saturated rings. The summed E-state index contributed by atoms with van der Waals surface area (Å²) in [4.78, 5) is 0. The average molecular weight is 219 g/mol. The van der Waals surface area contributed by atoms with Gasteiger partial charge in [-0.3, -0.25) is 0 Å². The van der Waals surface area contributed by atoms with Crippen LogP contribution in [0.1, 0.15) is 37.0 Å². The van der Waals surface area contributed by atoms with Crippen LogP contribution in [0.15, 0.2) is 18.2 Å². The highest BCUT2D eigenvalue weighted by atomic mass is 14.5. The molecule has 0 saturated heterocycles. The lowest BCUT2D eigenvalue weighted by molar-refractivity contribution is 0.415. The molecule has 1 unspecified atom stereocenters. The summed E-state index contributed by atoms with van der Waals surface area (Å²) in [6.07, 6.45) is 2.35. The predicted molar refractivity (Wildman–Crippen MR) is 71.6 cm³/mol. The van der Waals surface area contributed by atoms with Crippen LogP contribution in [0.4, 0.5) is 0 Å². The van der Waals surface area contributed by atoms with Gasteiger partial charge in [-0.1, -0.05) is 32.0 Å². The molecule has 0 spiro atoms. The Kier molecular flexibility index (Phi) is 5.01. The first-order chi connectivity index (χ1) is 7.52. The fourth-order valence-corrected chi connectivity index (χ4v) is 2.19. The van der Waals surface area contributed by atoms with Crippen LogP contribution in [0.25, 0.3) is 0 Å². The second-order valence-electron chi connectivity index (χ2n) is 5.35. The number of hydrogen-bond acceptors (Lipinski definition) is 1. The van der Waals surface area contributed by atoms with E-state index in [2.05, 4.69) is 45.9 Å². The molecule has 0 aliphatic rings. The molecule has 1 heteroatoms. The summed E-state index contributed by atoms with van der Waals surface area (Å²) in [5.74, 6) is 1.36. The predicted octanol–water partition coefficient (Wildman–Crippen LogP) is 3.47. The molecule has 0 aromatic heterocycles. The quantitative estimate of drug-likeness (QED) is 0.806. The van der Waals surface area contributed by atoms with Crippen LogP contribution in [0.2, 0.25) is 0 Å². The van der Waals surface area contributed by atoms with Crippen molar-refractivity contribution in [2.75, 3.05) is 6.54 Å². The van der Waals surface area contributed by atoms with Crippen molar-refractivity contribution in [2.24, 2.45) is 17.6 Å². The van der Waals surface area contributed by atoms with E-state index in [1.54, 1.807) is 0 Å². The highest BCUT2D eigenvalue weighted by Crippen LogP contribution is 2.18. The maximum absolute atomic E-state index is 5.84. The Morgan fingerprint density at radius 3 is 2.31 bits per heavy atom. The summed E-state index contributed by atoms with van der Waals surface area (Å²) >= 11 is 0. The minimum atomic E-state index is 0.627. The van der Waals surface area contributed by atoms with Gasteiger partial charge in [0.05, 0.1) is 0 Å². The molecule has 0 radical (unpaired) electrons. The van der Waals surface area contributed by atoms with Gasteiger partial charge >= 0.3 is 0 Å². The maximum atomic E-state index is 5.84. The van der Waals surface area contributed by atoms with E-state index in [0.29, 0.717) is 5.92 Å². The molecule has 1 aromatic carbocycles. The maximum Gasteiger partial charge on any atom is -0.00456 e. The Morgan fingerprint density at radius 2 is 1.81 bits per heavy atom. The Balaban J connectivity index is 2.66. The van der Waals surface area contributed by atoms with Crippen LogP contribution in [0.3, 0.4) is 0 Å². The van der Waals surface area contributed by atoms with Crippen LogP contribution < -0.4 is 5.73 Å². The smallest absolute Gasteiger partial charge is 0.00456 e. The summed E-state index contributed by atoms with van der Waals surface area (Å²) < 4.78 is 0. The Labute approximate surface area is 100 Å². The molecule has 1 rings (SSSR count). The third-order valence-electron chi connectivity index (χ3n) is 3.23. The Morgan fingerprint density at radius 1 is 1.12 bits per heavy atom. The second-order valence-corrected chi connectivity index (χ2v) is 5.35. The van der Waals surface area contributed by atoms with Gasteiger partial charge in [0.2, 0.25) is 0 Å². The van der Waals surface area contributed by atoms with E-state index in [1.165, 1.54) is 23.1 Å². The number of rotatable bonds is 5. The number of aryl methyl sites for hydroxylation is 2. The average Bonchev–Trinajstić information content (AvgIpc) is 2.22. The number of benzene rings is 1.